The maximum absolute atomic E-state index is 5.16. The van der Waals surface area contributed by atoms with Crippen molar-refractivity contribution < 1.29 is 4.74 Å². The fourth-order valence-electron chi connectivity index (χ4n) is 3.36. The van der Waals surface area contributed by atoms with Gasteiger partial charge in [-0.3, -0.25) is 0 Å². The SMILES string of the molecule is COCCCNc1ncnc2c1c(-c1ccccc1)cn2-c1ccc(C)cc1. The van der Waals surface area contributed by atoms with Gasteiger partial charge < -0.3 is 14.6 Å². The number of hydrogen-bond donors (Lipinski definition) is 1. The first kappa shape index (κ1) is 18.2. The van der Waals surface area contributed by atoms with E-state index in [4.69, 9.17) is 4.74 Å². The van der Waals surface area contributed by atoms with Crippen LogP contribution >= 0.6 is 0 Å². The smallest absolute Gasteiger partial charge is 0.150 e. The number of hydrogen-bond acceptors (Lipinski definition) is 4. The molecule has 0 aliphatic carbocycles. The molecule has 0 atom stereocenters. The van der Waals surface area contributed by atoms with Gasteiger partial charge in [0.1, 0.15) is 12.1 Å². The Kier molecular flexibility index (Phi) is 5.35. The molecule has 0 fully saturated rings. The maximum Gasteiger partial charge on any atom is 0.150 e. The molecule has 0 bridgehead atoms. The molecule has 0 unspecified atom stereocenters. The fraction of sp³-hybridized carbons (Fsp3) is 0.217. The number of anilines is 1. The average Bonchev–Trinajstić information content (AvgIpc) is 3.13. The first-order valence-electron chi connectivity index (χ1n) is 9.49. The van der Waals surface area contributed by atoms with E-state index in [1.54, 1.807) is 13.4 Å². The van der Waals surface area contributed by atoms with E-state index in [9.17, 15) is 0 Å². The molecule has 5 nitrogen and oxygen atoms in total. The summed E-state index contributed by atoms with van der Waals surface area (Å²) in [4.78, 5) is 9.15. The van der Waals surface area contributed by atoms with Crippen LogP contribution < -0.4 is 5.32 Å². The van der Waals surface area contributed by atoms with Gasteiger partial charge in [0.25, 0.3) is 0 Å². The van der Waals surface area contributed by atoms with Crippen LogP contribution in [0.25, 0.3) is 27.8 Å². The van der Waals surface area contributed by atoms with Crippen LogP contribution in [-0.4, -0.2) is 34.8 Å². The van der Waals surface area contributed by atoms with E-state index >= 15 is 0 Å². The lowest BCUT2D eigenvalue weighted by Crippen LogP contribution is -2.07. The van der Waals surface area contributed by atoms with E-state index in [1.807, 2.05) is 6.07 Å². The van der Waals surface area contributed by atoms with Crippen LogP contribution in [0.5, 0.6) is 0 Å². The van der Waals surface area contributed by atoms with Crippen LogP contribution in [0.3, 0.4) is 0 Å². The number of nitrogens with one attached hydrogen (secondary N) is 1. The molecular formula is C23H24N4O. The highest BCUT2D eigenvalue weighted by atomic mass is 16.5. The Morgan fingerprint density at radius 2 is 1.79 bits per heavy atom. The highest BCUT2D eigenvalue weighted by Gasteiger charge is 2.17. The quantitative estimate of drug-likeness (QED) is 0.472. The van der Waals surface area contributed by atoms with Gasteiger partial charge in [-0.15, -0.1) is 0 Å². The number of aryl methyl sites for hydroxylation is 1. The second-order valence-corrected chi connectivity index (χ2v) is 6.81. The molecule has 2 aromatic carbocycles. The van der Waals surface area contributed by atoms with E-state index in [2.05, 4.69) is 81.5 Å². The highest BCUT2D eigenvalue weighted by molar-refractivity contribution is 6.02. The third kappa shape index (κ3) is 3.62. The summed E-state index contributed by atoms with van der Waals surface area (Å²) in [6.07, 6.45) is 4.70. The number of benzene rings is 2. The fourth-order valence-corrected chi connectivity index (χ4v) is 3.36. The Hall–Kier alpha value is -3.18. The molecule has 4 rings (SSSR count). The summed E-state index contributed by atoms with van der Waals surface area (Å²) < 4.78 is 7.29. The van der Waals surface area contributed by atoms with Gasteiger partial charge >= 0.3 is 0 Å². The summed E-state index contributed by atoms with van der Waals surface area (Å²) in [7, 11) is 1.72. The Labute approximate surface area is 165 Å². The van der Waals surface area contributed by atoms with Gasteiger partial charge in [-0.2, -0.15) is 0 Å². The lowest BCUT2D eigenvalue weighted by atomic mass is 10.1. The molecule has 0 aliphatic rings. The zero-order valence-electron chi connectivity index (χ0n) is 16.2. The summed E-state index contributed by atoms with van der Waals surface area (Å²) >= 11 is 0. The molecule has 142 valence electrons. The molecular weight excluding hydrogens is 348 g/mol. The Bertz CT molecular complexity index is 1060. The molecule has 0 amide bonds. The number of fused-ring (bicyclic) bond motifs is 1. The maximum atomic E-state index is 5.16. The van der Waals surface area contributed by atoms with Gasteiger partial charge in [-0.1, -0.05) is 48.0 Å². The largest absolute Gasteiger partial charge is 0.385 e. The van der Waals surface area contributed by atoms with E-state index < -0.39 is 0 Å². The Balaban J connectivity index is 1.86. The topological polar surface area (TPSA) is 52.0 Å². The predicted octanol–water partition coefficient (Wildman–Crippen LogP) is 4.84. The van der Waals surface area contributed by atoms with Crippen molar-refractivity contribution >= 4 is 16.9 Å². The standard InChI is InChI=1S/C23H24N4O/c1-17-9-11-19(12-10-17)27-15-20(18-7-4-3-5-8-18)21-22(24-13-6-14-28-2)25-16-26-23(21)27/h3-5,7-12,15-16H,6,13-14H2,1-2H3,(H,24,25,26). The number of nitrogens with zero attached hydrogens (tertiary/aromatic N) is 3. The third-order valence-electron chi connectivity index (χ3n) is 4.80. The van der Waals surface area contributed by atoms with E-state index in [1.165, 1.54) is 5.56 Å². The third-order valence-corrected chi connectivity index (χ3v) is 4.80. The van der Waals surface area contributed by atoms with Crippen LogP contribution in [0.1, 0.15) is 12.0 Å². The second kappa shape index (κ2) is 8.23. The Morgan fingerprint density at radius 1 is 1.00 bits per heavy atom. The lowest BCUT2D eigenvalue weighted by Gasteiger charge is -2.09. The van der Waals surface area contributed by atoms with Gasteiger partial charge in [0, 0.05) is 37.7 Å². The van der Waals surface area contributed by atoms with Gasteiger partial charge in [-0.25, -0.2) is 9.97 Å². The number of ether oxygens (including phenoxy) is 1. The molecule has 0 saturated carbocycles. The summed E-state index contributed by atoms with van der Waals surface area (Å²) in [5.41, 5.74) is 5.48. The number of aromatic nitrogens is 3. The summed E-state index contributed by atoms with van der Waals surface area (Å²) in [6.45, 7) is 3.61. The molecule has 0 spiro atoms. The van der Waals surface area contributed by atoms with Gasteiger partial charge in [0.05, 0.1) is 5.39 Å². The normalized spacial score (nSPS) is 11.1. The molecule has 4 aromatic rings. The minimum absolute atomic E-state index is 0.719. The molecule has 0 saturated heterocycles. The minimum atomic E-state index is 0.719. The molecule has 0 aliphatic heterocycles. The van der Waals surface area contributed by atoms with Gasteiger partial charge in [0.15, 0.2) is 5.65 Å². The molecule has 5 heteroatoms. The molecule has 28 heavy (non-hydrogen) atoms. The number of methoxy groups -OCH3 is 1. The van der Waals surface area contributed by atoms with Crippen molar-refractivity contribution in [2.45, 2.75) is 13.3 Å². The van der Waals surface area contributed by atoms with E-state index in [0.717, 1.165) is 53.2 Å². The zero-order chi connectivity index (χ0) is 19.3. The summed E-state index contributed by atoms with van der Waals surface area (Å²) in [6, 6.07) is 18.9. The van der Waals surface area contributed by atoms with Crippen LogP contribution in [0.2, 0.25) is 0 Å². The monoisotopic (exact) mass is 372 g/mol. The van der Waals surface area contributed by atoms with Crippen LogP contribution in [0.15, 0.2) is 67.1 Å². The first-order valence-corrected chi connectivity index (χ1v) is 9.49. The van der Waals surface area contributed by atoms with Crippen molar-refractivity contribution in [1.82, 2.24) is 14.5 Å². The number of rotatable bonds is 7. The predicted molar refractivity (Wildman–Crippen MR) is 114 cm³/mol. The van der Waals surface area contributed by atoms with Crippen molar-refractivity contribution in [3.8, 4) is 16.8 Å². The van der Waals surface area contributed by atoms with Crippen LogP contribution in [-0.2, 0) is 4.74 Å². The summed E-state index contributed by atoms with van der Waals surface area (Å²) in [5.74, 6) is 0.853. The van der Waals surface area contributed by atoms with Crippen molar-refractivity contribution in [1.29, 1.82) is 0 Å². The van der Waals surface area contributed by atoms with Gasteiger partial charge in [0.2, 0.25) is 0 Å². The second-order valence-electron chi connectivity index (χ2n) is 6.81. The Morgan fingerprint density at radius 3 is 2.54 bits per heavy atom. The van der Waals surface area contributed by atoms with E-state index in [0.29, 0.717) is 0 Å². The molecule has 0 radical (unpaired) electrons. The van der Waals surface area contributed by atoms with E-state index in [-0.39, 0.29) is 0 Å². The minimum Gasteiger partial charge on any atom is -0.385 e. The van der Waals surface area contributed by atoms with Crippen molar-refractivity contribution in [3.05, 3.63) is 72.7 Å². The summed E-state index contributed by atoms with van der Waals surface area (Å²) in [5, 5.41) is 4.50. The molecule has 2 heterocycles. The average molecular weight is 372 g/mol. The van der Waals surface area contributed by atoms with Crippen molar-refractivity contribution in [2.24, 2.45) is 0 Å². The zero-order valence-corrected chi connectivity index (χ0v) is 16.2. The highest BCUT2D eigenvalue weighted by Crippen LogP contribution is 2.35. The first-order chi connectivity index (χ1) is 13.8. The lowest BCUT2D eigenvalue weighted by molar-refractivity contribution is 0.198. The van der Waals surface area contributed by atoms with Crippen LogP contribution in [0.4, 0.5) is 5.82 Å². The van der Waals surface area contributed by atoms with Gasteiger partial charge in [-0.05, 0) is 31.0 Å². The molecule has 2 aromatic heterocycles. The van der Waals surface area contributed by atoms with Crippen molar-refractivity contribution in [3.63, 3.8) is 0 Å². The van der Waals surface area contributed by atoms with Crippen LogP contribution in [0, 0.1) is 6.92 Å². The van der Waals surface area contributed by atoms with Crippen molar-refractivity contribution in [2.75, 3.05) is 25.6 Å². The molecule has 1 N–H and O–H groups in total.